The minimum atomic E-state index is -5.75. The molecule has 1 fully saturated rings. The maximum atomic E-state index is 12.1. The van der Waals surface area contributed by atoms with Gasteiger partial charge < -0.3 is 39.8 Å². The van der Waals surface area contributed by atoms with Gasteiger partial charge in [0.2, 0.25) is 0 Å². The Labute approximate surface area is 177 Å². The molecule has 1 saturated heterocycles. The number of aromatic nitrogens is 2. The summed E-state index contributed by atoms with van der Waals surface area (Å²) in [5, 5.41) is 23.0. The van der Waals surface area contributed by atoms with E-state index in [1.165, 1.54) is 7.05 Å². The number of aromatic amines is 1. The molecule has 32 heavy (non-hydrogen) atoms. The van der Waals surface area contributed by atoms with Gasteiger partial charge in [0.25, 0.3) is 5.56 Å². The highest BCUT2D eigenvalue weighted by Gasteiger charge is 2.46. The van der Waals surface area contributed by atoms with Crippen molar-refractivity contribution in [3.63, 3.8) is 0 Å². The second kappa shape index (κ2) is 10.0. The number of nitrogens with zero attached hydrogens (tertiary/aromatic N) is 1. The maximum Gasteiger partial charge on any atom is 0.490 e. The van der Waals surface area contributed by atoms with Crippen LogP contribution in [0.3, 0.4) is 0 Å². The Hall–Kier alpha value is -1.07. The van der Waals surface area contributed by atoms with Crippen molar-refractivity contribution in [3.8, 4) is 0 Å². The SMILES string of the molecule is CNCc1cn([C@@H]2O[C@H](COP(=O)(O)OP(=O)(O)OP(=O)(O)O)[C@H](O)[C@@H]2O)c(=O)[nH]c1=O. The van der Waals surface area contributed by atoms with Gasteiger partial charge in [0.05, 0.1) is 6.61 Å². The average Bonchev–Trinajstić information content (AvgIpc) is 2.87. The van der Waals surface area contributed by atoms with Gasteiger partial charge in [-0.1, -0.05) is 0 Å². The van der Waals surface area contributed by atoms with E-state index in [0.29, 0.717) is 0 Å². The highest BCUT2D eigenvalue weighted by atomic mass is 31.3. The van der Waals surface area contributed by atoms with Crippen LogP contribution in [-0.2, 0) is 38.1 Å². The summed E-state index contributed by atoms with van der Waals surface area (Å²) in [5.41, 5.74) is -1.63. The molecule has 2 unspecified atom stereocenters. The van der Waals surface area contributed by atoms with Crippen LogP contribution >= 0.6 is 23.5 Å². The molecule has 1 aliphatic heterocycles. The number of hydrogen-bond donors (Lipinski definition) is 8. The number of aliphatic hydroxyl groups excluding tert-OH is 2. The van der Waals surface area contributed by atoms with E-state index in [1.807, 2.05) is 4.98 Å². The van der Waals surface area contributed by atoms with Crippen molar-refractivity contribution >= 4 is 23.5 Å². The fourth-order valence-corrected chi connectivity index (χ4v) is 5.63. The van der Waals surface area contributed by atoms with Crippen LogP contribution in [0, 0.1) is 0 Å². The minimum Gasteiger partial charge on any atom is -0.387 e. The van der Waals surface area contributed by atoms with Gasteiger partial charge in [0.1, 0.15) is 18.3 Å². The number of H-pyrrole nitrogens is 1. The fraction of sp³-hybridized carbons (Fsp3) is 0.636. The molecule has 1 aromatic heterocycles. The number of aliphatic hydroxyl groups is 2. The number of hydrogen-bond acceptors (Lipinski definition) is 12. The van der Waals surface area contributed by atoms with Crippen LogP contribution in [0.5, 0.6) is 0 Å². The van der Waals surface area contributed by atoms with Crippen LogP contribution in [0.2, 0.25) is 0 Å². The third-order valence-corrected chi connectivity index (χ3v) is 7.64. The predicted molar refractivity (Wildman–Crippen MR) is 99.8 cm³/mol. The first-order valence-corrected chi connectivity index (χ1v) is 12.9. The van der Waals surface area contributed by atoms with E-state index in [-0.39, 0.29) is 12.1 Å². The number of rotatable bonds is 10. The van der Waals surface area contributed by atoms with Crippen molar-refractivity contribution in [2.45, 2.75) is 31.1 Å². The number of ether oxygens (including phenoxy) is 1. The summed E-state index contributed by atoms with van der Waals surface area (Å²) in [6.07, 6.45) is -5.69. The molecule has 2 heterocycles. The molecule has 6 atom stereocenters. The van der Waals surface area contributed by atoms with Crippen molar-refractivity contribution in [1.29, 1.82) is 0 Å². The molecule has 2 rings (SSSR count). The molecule has 0 radical (unpaired) electrons. The van der Waals surface area contributed by atoms with E-state index in [0.717, 1.165) is 10.8 Å². The zero-order valence-corrected chi connectivity index (χ0v) is 18.6. The highest BCUT2D eigenvalue weighted by molar-refractivity contribution is 7.66. The third-order valence-electron chi connectivity index (χ3n) is 3.84. The molecule has 0 spiro atoms. The average molecular weight is 527 g/mol. The molecule has 0 saturated carbocycles. The van der Waals surface area contributed by atoms with Gasteiger partial charge in [-0.25, -0.2) is 18.5 Å². The van der Waals surface area contributed by atoms with Crippen LogP contribution in [0.4, 0.5) is 0 Å². The van der Waals surface area contributed by atoms with Gasteiger partial charge in [-0.15, -0.1) is 0 Å². The van der Waals surface area contributed by atoms with Crippen LogP contribution in [0.25, 0.3) is 0 Å². The summed E-state index contributed by atoms with van der Waals surface area (Å²) in [6, 6.07) is 0. The molecule has 0 aromatic carbocycles. The lowest BCUT2D eigenvalue weighted by Gasteiger charge is -2.19. The van der Waals surface area contributed by atoms with Crippen LogP contribution in [0.1, 0.15) is 11.8 Å². The van der Waals surface area contributed by atoms with Crippen molar-refractivity contribution in [2.24, 2.45) is 0 Å². The van der Waals surface area contributed by atoms with Gasteiger partial charge in [0, 0.05) is 18.3 Å². The van der Waals surface area contributed by atoms with Crippen LogP contribution in [-0.4, -0.2) is 71.3 Å². The van der Waals surface area contributed by atoms with E-state index in [2.05, 4.69) is 18.5 Å². The standard InChI is InChI=1S/C11H20N3O15P3/c1-12-2-5-3-14(11(18)13-9(5)17)10-8(16)7(15)6(27-10)4-26-31(22,23)29-32(24,25)28-30(19,20)21/h3,6-8,10,12,15-16H,2,4H2,1H3,(H,22,23)(H,24,25)(H,13,17,18)(H2,19,20,21)/t6-,7+,8+,10-/m1/s1. The van der Waals surface area contributed by atoms with E-state index in [4.69, 9.17) is 19.4 Å². The summed E-state index contributed by atoms with van der Waals surface area (Å²) >= 11 is 0. The Bertz CT molecular complexity index is 1080. The molecular formula is C11H20N3O15P3. The van der Waals surface area contributed by atoms with Crippen molar-refractivity contribution < 1.29 is 61.4 Å². The number of nitrogens with one attached hydrogen (secondary N) is 2. The first-order chi connectivity index (χ1) is 14.6. The quantitative estimate of drug-likeness (QED) is 0.143. The first-order valence-electron chi connectivity index (χ1n) is 8.34. The Morgan fingerprint density at radius 2 is 1.72 bits per heavy atom. The van der Waals surface area contributed by atoms with Crippen molar-refractivity contribution in [1.82, 2.24) is 14.9 Å². The topological polar surface area (TPSA) is 276 Å². The third kappa shape index (κ3) is 7.21. The zero-order chi connectivity index (χ0) is 24.5. The minimum absolute atomic E-state index is 0.0381. The molecule has 0 aliphatic carbocycles. The summed E-state index contributed by atoms with van der Waals surface area (Å²) in [7, 11) is -15.3. The van der Waals surface area contributed by atoms with E-state index in [1.54, 1.807) is 0 Å². The summed E-state index contributed by atoms with van der Waals surface area (Å²) in [6.45, 7) is -1.02. The maximum absolute atomic E-state index is 12.1. The van der Waals surface area contributed by atoms with Crippen molar-refractivity contribution in [2.75, 3.05) is 13.7 Å². The molecule has 184 valence electrons. The second-order valence-electron chi connectivity index (χ2n) is 6.28. The molecule has 21 heteroatoms. The molecule has 8 N–H and O–H groups in total. The molecule has 0 bridgehead atoms. The lowest BCUT2D eigenvalue weighted by molar-refractivity contribution is -0.0543. The fourth-order valence-electron chi connectivity index (χ4n) is 2.60. The van der Waals surface area contributed by atoms with E-state index in [9.17, 15) is 38.4 Å². The summed E-state index contributed by atoms with van der Waals surface area (Å²) < 4.78 is 51.1. The van der Waals surface area contributed by atoms with Gasteiger partial charge in [-0.05, 0) is 7.05 Å². The zero-order valence-electron chi connectivity index (χ0n) is 15.9. The van der Waals surface area contributed by atoms with Crippen LogP contribution in [0.15, 0.2) is 15.8 Å². The van der Waals surface area contributed by atoms with Gasteiger partial charge in [-0.3, -0.25) is 18.9 Å². The molecule has 18 nitrogen and oxygen atoms in total. The lowest BCUT2D eigenvalue weighted by Crippen LogP contribution is -2.39. The van der Waals surface area contributed by atoms with Crippen LogP contribution < -0.4 is 16.6 Å². The molecule has 1 aromatic rings. The summed E-state index contributed by atoms with van der Waals surface area (Å²) in [5.74, 6) is 0. The molecular weight excluding hydrogens is 507 g/mol. The number of phosphoric ester groups is 1. The largest absolute Gasteiger partial charge is 0.490 e. The lowest BCUT2D eigenvalue weighted by atomic mass is 10.1. The predicted octanol–water partition coefficient (Wildman–Crippen LogP) is -2.78. The monoisotopic (exact) mass is 527 g/mol. The van der Waals surface area contributed by atoms with Crippen molar-refractivity contribution in [3.05, 3.63) is 32.6 Å². The highest BCUT2D eigenvalue weighted by Crippen LogP contribution is 2.66. The Kier molecular flexibility index (Phi) is 8.53. The Balaban J connectivity index is 2.13. The summed E-state index contributed by atoms with van der Waals surface area (Å²) in [4.78, 5) is 61.3. The van der Waals surface area contributed by atoms with E-state index < -0.39 is 65.9 Å². The Morgan fingerprint density at radius 3 is 2.28 bits per heavy atom. The molecule has 0 amide bonds. The van der Waals surface area contributed by atoms with Gasteiger partial charge >= 0.3 is 29.2 Å². The smallest absolute Gasteiger partial charge is 0.387 e. The van der Waals surface area contributed by atoms with Gasteiger partial charge in [0.15, 0.2) is 6.23 Å². The molecule has 1 aliphatic rings. The second-order valence-corrected chi connectivity index (χ2v) is 10.7. The Morgan fingerprint density at radius 1 is 1.09 bits per heavy atom. The van der Waals surface area contributed by atoms with E-state index >= 15 is 0 Å². The normalized spacial score (nSPS) is 27.7. The number of phosphoric acid groups is 3. The first kappa shape index (κ1) is 27.2. The van der Waals surface area contributed by atoms with Gasteiger partial charge in [-0.2, -0.15) is 8.62 Å².